The van der Waals surface area contributed by atoms with Gasteiger partial charge in [0.05, 0.1) is 6.42 Å². The maximum atomic E-state index is 12.5. The van der Waals surface area contributed by atoms with E-state index in [2.05, 4.69) is 15.6 Å². The van der Waals surface area contributed by atoms with E-state index in [0.717, 1.165) is 16.5 Å². The Bertz CT molecular complexity index is 1030. The fourth-order valence-electron chi connectivity index (χ4n) is 3.34. The summed E-state index contributed by atoms with van der Waals surface area (Å²) in [6.45, 7) is 0.289. The number of aromatic amines is 1. The van der Waals surface area contributed by atoms with Crippen molar-refractivity contribution in [3.63, 3.8) is 0 Å². The number of amides is 4. The van der Waals surface area contributed by atoms with Gasteiger partial charge < -0.3 is 15.6 Å². The number of carbonyl (C=O) groups excluding carboxylic acids is 3. The third-order valence-corrected chi connectivity index (χ3v) is 4.80. The molecular weight excluding hydrogens is 356 g/mol. The first-order chi connectivity index (χ1) is 13.6. The number of aromatic nitrogens is 1. The Labute approximate surface area is 161 Å². The Kier molecular flexibility index (Phi) is 4.80. The number of carbonyl (C=O) groups is 3. The lowest BCUT2D eigenvalue weighted by atomic mass is 10.1. The maximum Gasteiger partial charge on any atom is 0.324 e. The van der Waals surface area contributed by atoms with Crippen molar-refractivity contribution in [2.75, 3.05) is 11.9 Å². The van der Waals surface area contributed by atoms with Gasteiger partial charge in [-0.3, -0.25) is 14.5 Å². The van der Waals surface area contributed by atoms with Gasteiger partial charge >= 0.3 is 6.03 Å². The predicted octanol–water partition coefficient (Wildman–Crippen LogP) is 2.66. The SMILES string of the molecule is O=C(C[C@H]1NC(=O)N(CCc2ccccc2)C1=O)Nc1ccc2[nH]ccc2c1. The minimum absolute atomic E-state index is 0.0996. The number of nitrogens with zero attached hydrogens (tertiary/aromatic N) is 1. The van der Waals surface area contributed by atoms with Crippen LogP contribution in [0.25, 0.3) is 10.9 Å². The molecule has 0 unspecified atom stereocenters. The molecule has 1 saturated heterocycles. The highest BCUT2D eigenvalue weighted by molar-refractivity contribution is 6.07. The van der Waals surface area contributed by atoms with Crippen molar-refractivity contribution in [1.29, 1.82) is 0 Å². The highest BCUT2D eigenvalue weighted by Crippen LogP contribution is 2.18. The van der Waals surface area contributed by atoms with E-state index in [-0.39, 0.29) is 24.8 Å². The van der Waals surface area contributed by atoms with Crippen LogP contribution < -0.4 is 10.6 Å². The van der Waals surface area contributed by atoms with Gasteiger partial charge in [-0.2, -0.15) is 0 Å². The quantitative estimate of drug-likeness (QED) is 0.577. The fraction of sp³-hybridized carbons (Fsp3) is 0.190. The number of H-pyrrole nitrogens is 1. The Hall–Kier alpha value is -3.61. The molecule has 0 aliphatic carbocycles. The Morgan fingerprint density at radius 2 is 1.89 bits per heavy atom. The lowest BCUT2D eigenvalue weighted by molar-refractivity contribution is -0.129. The fourth-order valence-corrected chi connectivity index (χ4v) is 3.34. The van der Waals surface area contributed by atoms with Crippen molar-refractivity contribution in [2.45, 2.75) is 18.9 Å². The van der Waals surface area contributed by atoms with Crippen molar-refractivity contribution in [3.8, 4) is 0 Å². The number of imide groups is 1. The summed E-state index contributed by atoms with van der Waals surface area (Å²) in [6, 6.07) is 15.8. The molecule has 1 aromatic heterocycles. The molecule has 0 saturated carbocycles. The largest absolute Gasteiger partial charge is 0.361 e. The number of urea groups is 1. The number of benzene rings is 2. The zero-order chi connectivity index (χ0) is 19.5. The predicted molar refractivity (Wildman–Crippen MR) is 106 cm³/mol. The number of rotatable bonds is 6. The summed E-state index contributed by atoms with van der Waals surface area (Å²) in [5, 5.41) is 6.37. The molecule has 1 atom stereocenters. The first-order valence-electron chi connectivity index (χ1n) is 9.13. The lowest BCUT2D eigenvalue weighted by Gasteiger charge is -2.13. The molecular formula is C21H20N4O3. The van der Waals surface area contributed by atoms with E-state index in [1.54, 1.807) is 6.07 Å². The molecule has 2 aromatic carbocycles. The van der Waals surface area contributed by atoms with Crippen LogP contribution in [0, 0.1) is 0 Å². The zero-order valence-electron chi connectivity index (χ0n) is 15.1. The average Bonchev–Trinajstić information content (AvgIpc) is 3.25. The van der Waals surface area contributed by atoms with Gasteiger partial charge in [-0.1, -0.05) is 30.3 Å². The van der Waals surface area contributed by atoms with Gasteiger partial charge in [0.2, 0.25) is 5.91 Å². The molecule has 28 heavy (non-hydrogen) atoms. The van der Waals surface area contributed by atoms with Gasteiger partial charge in [-0.15, -0.1) is 0 Å². The van der Waals surface area contributed by atoms with Crippen molar-refractivity contribution >= 4 is 34.4 Å². The number of nitrogens with one attached hydrogen (secondary N) is 3. The third kappa shape index (κ3) is 3.73. The summed E-state index contributed by atoms with van der Waals surface area (Å²) >= 11 is 0. The summed E-state index contributed by atoms with van der Waals surface area (Å²) in [5.74, 6) is -0.685. The Balaban J connectivity index is 1.34. The Morgan fingerprint density at radius 1 is 1.07 bits per heavy atom. The molecule has 7 nitrogen and oxygen atoms in total. The van der Waals surface area contributed by atoms with Gasteiger partial charge in [-0.25, -0.2) is 4.79 Å². The molecule has 1 aliphatic rings. The molecule has 3 aromatic rings. The molecule has 4 amide bonds. The Morgan fingerprint density at radius 3 is 2.71 bits per heavy atom. The van der Waals surface area contributed by atoms with Crippen LogP contribution in [0.15, 0.2) is 60.8 Å². The number of anilines is 1. The van der Waals surface area contributed by atoms with E-state index in [1.807, 2.05) is 54.7 Å². The van der Waals surface area contributed by atoms with Crippen LogP contribution in [-0.2, 0) is 16.0 Å². The summed E-state index contributed by atoms with van der Waals surface area (Å²) in [6.07, 6.45) is 2.31. The standard InChI is InChI=1S/C21H20N4O3/c26-19(23-16-6-7-17-15(12-16)8-10-22-17)13-18-20(27)25(21(28)24-18)11-9-14-4-2-1-3-5-14/h1-8,10,12,18,22H,9,11,13H2,(H,23,26)(H,24,28)/t18-/m1/s1. The molecule has 1 fully saturated rings. The van der Waals surface area contributed by atoms with Crippen LogP contribution >= 0.6 is 0 Å². The number of fused-ring (bicyclic) bond motifs is 1. The van der Waals surface area contributed by atoms with Gasteiger partial charge in [-0.05, 0) is 36.2 Å². The first-order valence-corrected chi connectivity index (χ1v) is 9.13. The minimum atomic E-state index is -0.834. The van der Waals surface area contributed by atoms with E-state index in [4.69, 9.17) is 0 Å². The van der Waals surface area contributed by atoms with Gasteiger partial charge in [0.15, 0.2) is 0 Å². The van der Waals surface area contributed by atoms with Crippen LogP contribution in [0.5, 0.6) is 0 Å². The smallest absolute Gasteiger partial charge is 0.324 e. The summed E-state index contributed by atoms with van der Waals surface area (Å²) in [4.78, 5) is 41.3. The summed E-state index contributed by atoms with van der Waals surface area (Å²) < 4.78 is 0. The third-order valence-electron chi connectivity index (χ3n) is 4.80. The zero-order valence-corrected chi connectivity index (χ0v) is 15.1. The summed E-state index contributed by atoms with van der Waals surface area (Å²) in [5.41, 5.74) is 2.67. The van der Waals surface area contributed by atoms with Crippen LogP contribution in [0.4, 0.5) is 10.5 Å². The average molecular weight is 376 g/mol. The molecule has 2 heterocycles. The van der Waals surface area contributed by atoms with Crippen LogP contribution in [0.1, 0.15) is 12.0 Å². The molecule has 0 radical (unpaired) electrons. The first kappa shape index (κ1) is 17.8. The van der Waals surface area contributed by atoms with E-state index < -0.39 is 12.1 Å². The van der Waals surface area contributed by atoms with Gasteiger partial charge in [0.1, 0.15) is 6.04 Å². The maximum absolute atomic E-state index is 12.5. The highest BCUT2D eigenvalue weighted by Gasteiger charge is 2.38. The second-order valence-electron chi connectivity index (χ2n) is 6.76. The van der Waals surface area contributed by atoms with Gasteiger partial charge in [0.25, 0.3) is 5.91 Å². The lowest BCUT2D eigenvalue weighted by Crippen LogP contribution is -2.34. The van der Waals surface area contributed by atoms with Gasteiger partial charge in [0, 0.05) is 29.3 Å². The van der Waals surface area contributed by atoms with Crippen molar-refractivity contribution in [2.24, 2.45) is 0 Å². The van der Waals surface area contributed by atoms with Crippen LogP contribution in [-0.4, -0.2) is 40.3 Å². The van der Waals surface area contributed by atoms with E-state index in [0.29, 0.717) is 12.1 Å². The topological polar surface area (TPSA) is 94.3 Å². The van der Waals surface area contributed by atoms with E-state index >= 15 is 0 Å². The molecule has 4 rings (SSSR count). The van der Waals surface area contributed by atoms with Crippen molar-refractivity contribution in [3.05, 3.63) is 66.4 Å². The second-order valence-corrected chi connectivity index (χ2v) is 6.76. The van der Waals surface area contributed by atoms with Crippen LogP contribution in [0.3, 0.4) is 0 Å². The number of hydrogen-bond donors (Lipinski definition) is 3. The van der Waals surface area contributed by atoms with Crippen LogP contribution in [0.2, 0.25) is 0 Å². The molecule has 0 bridgehead atoms. The molecule has 142 valence electrons. The number of hydrogen-bond acceptors (Lipinski definition) is 3. The van der Waals surface area contributed by atoms with E-state index in [9.17, 15) is 14.4 Å². The normalized spacial score (nSPS) is 16.4. The highest BCUT2D eigenvalue weighted by atomic mass is 16.2. The molecule has 0 spiro atoms. The van der Waals surface area contributed by atoms with Crippen molar-refractivity contribution < 1.29 is 14.4 Å². The van der Waals surface area contributed by atoms with Crippen molar-refractivity contribution in [1.82, 2.24) is 15.2 Å². The molecule has 1 aliphatic heterocycles. The monoisotopic (exact) mass is 376 g/mol. The summed E-state index contributed by atoms with van der Waals surface area (Å²) in [7, 11) is 0. The van der Waals surface area contributed by atoms with E-state index in [1.165, 1.54) is 4.90 Å². The molecule has 7 heteroatoms. The minimum Gasteiger partial charge on any atom is -0.361 e. The molecule has 3 N–H and O–H groups in total. The second kappa shape index (κ2) is 7.56.